The summed E-state index contributed by atoms with van der Waals surface area (Å²) in [5.41, 5.74) is -1.01. The first kappa shape index (κ1) is 28.4. The van der Waals surface area contributed by atoms with Crippen LogP contribution in [0.3, 0.4) is 0 Å². The van der Waals surface area contributed by atoms with Crippen molar-refractivity contribution in [3.8, 4) is 0 Å². The first-order chi connectivity index (χ1) is 14.5. The smallest absolute Gasteiger partial charge is 0.410 e. The number of aliphatic hydroxyl groups excluding tert-OH is 1. The highest BCUT2D eigenvalue weighted by Gasteiger charge is 2.33. The molecule has 2 amide bonds. The Hall–Kier alpha value is -1.59. The van der Waals surface area contributed by atoms with Gasteiger partial charge < -0.3 is 24.4 Å². The summed E-state index contributed by atoms with van der Waals surface area (Å²) < 4.78 is 37.1. The van der Waals surface area contributed by atoms with Gasteiger partial charge in [0, 0.05) is 13.1 Å². The highest BCUT2D eigenvalue weighted by Crippen LogP contribution is 2.22. The predicted octanol–water partition coefficient (Wildman–Crippen LogP) is 2.74. The molecule has 10 nitrogen and oxygen atoms in total. The molecular weight excluding hydrogens is 440 g/mol. The van der Waals surface area contributed by atoms with Gasteiger partial charge in [-0.15, -0.1) is 0 Å². The van der Waals surface area contributed by atoms with E-state index in [9.17, 15) is 18.0 Å². The molecule has 0 bridgehead atoms. The third kappa shape index (κ3) is 10.8. The summed E-state index contributed by atoms with van der Waals surface area (Å²) in [7, 11) is -3.47. The van der Waals surface area contributed by atoms with Gasteiger partial charge in [0.25, 0.3) is 10.1 Å². The molecular formula is C21H40N2O8S. The van der Waals surface area contributed by atoms with Crippen molar-refractivity contribution in [2.45, 2.75) is 90.5 Å². The lowest BCUT2D eigenvalue weighted by atomic mass is 10.2. The van der Waals surface area contributed by atoms with E-state index in [1.807, 2.05) is 20.8 Å². The Bertz CT molecular complexity index is 727. The molecule has 32 heavy (non-hydrogen) atoms. The number of aliphatic hydroxyl groups is 1. The van der Waals surface area contributed by atoms with Crippen molar-refractivity contribution >= 4 is 22.3 Å². The minimum absolute atomic E-state index is 0.00191. The van der Waals surface area contributed by atoms with Crippen LogP contribution in [-0.2, 0) is 23.8 Å². The number of amides is 2. The van der Waals surface area contributed by atoms with Gasteiger partial charge in [0.1, 0.15) is 11.2 Å². The molecule has 0 radical (unpaired) electrons. The summed E-state index contributed by atoms with van der Waals surface area (Å²) >= 11 is 0. The van der Waals surface area contributed by atoms with E-state index in [1.54, 1.807) is 25.7 Å². The summed E-state index contributed by atoms with van der Waals surface area (Å²) in [6, 6.07) is -0.278. The van der Waals surface area contributed by atoms with Crippen LogP contribution < -0.4 is 0 Å². The standard InChI is InChI=1S/C11H21NO5S.C10H19NO3/c1-11(2,3)17-10(13)12-7-5-6-9(12)8-16-18(4,14)15;1-10(2,3)14-9(13)11-6-4-5-8(11)7-12/h9H,5-8H2,1-4H3;8,12H,4-7H2,1-3H3. The Morgan fingerprint density at radius 2 is 1.28 bits per heavy atom. The predicted molar refractivity (Wildman–Crippen MR) is 120 cm³/mol. The third-order valence-electron chi connectivity index (χ3n) is 4.70. The molecule has 0 spiro atoms. The number of ether oxygens (including phenoxy) is 2. The van der Waals surface area contributed by atoms with E-state index in [1.165, 1.54) is 4.90 Å². The van der Waals surface area contributed by atoms with Gasteiger partial charge in [0.2, 0.25) is 0 Å². The number of carbonyl (C=O) groups is 2. The molecule has 2 aliphatic rings. The van der Waals surface area contributed by atoms with E-state index >= 15 is 0 Å². The Morgan fingerprint density at radius 1 is 0.875 bits per heavy atom. The zero-order chi connectivity index (χ0) is 24.7. The minimum Gasteiger partial charge on any atom is -0.444 e. The van der Waals surface area contributed by atoms with E-state index in [4.69, 9.17) is 18.8 Å². The van der Waals surface area contributed by atoms with Crippen LogP contribution in [0.2, 0.25) is 0 Å². The van der Waals surface area contributed by atoms with Crippen LogP contribution >= 0.6 is 0 Å². The number of likely N-dealkylation sites (tertiary alicyclic amines) is 2. The van der Waals surface area contributed by atoms with E-state index < -0.39 is 27.4 Å². The summed E-state index contributed by atoms with van der Waals surface area (Å²) in [4.78, 5) is 26.7. The maximum absolute atomic E-state index is 11.9. The maximum atomic E-state index is 11.9. The first-order valence-electron chi connectivity index (χ1n) is 11.0. The molecule has 2 fully saturated rings. The number of hydrogen-bond donors (Lipinski definition) is 1. The van der Waals surface area contributed by atoms with Gasteiger partial charge in [-0.1, -0.05) is 0 Å². The molecule has 0 saturated carbocycles. The van der Waals surface area contributed by atoms with Gasteiger partial charge in [-0.05, 0) is 67.2 Å². The second-order valence-corrected chi connectivity index (χ2v) is 11.8. The second kappa shape index (κ2) is 11.5. The molecule has 188 valence electrons. The van der Waals surface area contributed by atoms with Crippen molar-refractivity contribution in [2.24, 2.45) is 0 Å². The third-order valence-corrected chi connectivity index (χ3v) is 5.26. The van der Waals surface area contributed by atoms with Crippen molar-refractivity contribution < 1.29 is 36.8 Å². The minimum atomic E-state index is -3.47. The summed E-state index contributed by atoms with van der Waals surface area (Å²) in [6.07, 6.45) is 3.65. The Kier molecular flexibility index (Phi) is 10.2. The topological polar surface area (TPSA) is 123 Å². The molecule has 0 aromatic rings. The number of rotatable bonds is 4. The van der Waals surface area contributed by atoms with Gasteiger partial charge in [0.05, 0.1) is 31.6 Å². The van der Waals surface area contributed by atoms with Crippen molar-refractivity contribution in [2.75, 3.05) is 32.6 Å². The summed E-state index contributed by atoms with van der Waals surface area (Å²) in [5, 5.41) is 9.03. The Balaban J connectivity index is 0.000000330. The molecule has 2 heterocycles. The molecule has 2 unspecified atom stereocenters. The zero-order valence-corrected chi connectivity index (χ0v) is 21.2. The molecule has 2 aliphatic heterocycles. The van der Waals surface area contributed by atoms with Crippen LogP contribution in [0, 0.1) is 0 Å². The lowest BCUT2D eigenvalue weighted by molar-refractivity contribution is 0.0171. The molecule has 0 aromatic carbocycles. The van der Waals surface area contributed by atoms with Gasteiger partial charge >= 0.3 is 12.2 Å². The van der Waals surface area contributed by atoms with Crippen LogP contribution in [0.4, 0.5) is 9.59 Å². The van der Waals surface area contributed by atoms with Crippen LogP contribution in [-0.4, -0.2) is 91.4 Å². The average molecular weight is 481 g/mol. The lowest BCUT2D eigenvalue weighted by Crippen LogP contribution is -2.42. The monoisotopic (exact) mass is 480 g/mol. The van der Waals surface area contributed by atoms with Crippen LogP contribution in [0.25, 0.3) is 0 Å². The molecule has 0 aliphatic carbocycles. The van der Waals surface area contributed by atoms with E-state index in [0.29, 0.717) is 13.1 Å². The Morgan fingerprint density at radius 3 is 1.66 bits per heavy atom. The lowest BCUT2D eigenvalue weighted by Gasteiger charge is -2.28. The zero-order valence-electron chi connectivity index (χ0n) is 20.4. The number of nitrogens with zero attached hydrogens (tertiary/aromatic N) is 2. The maximum Gasteiger partial charge on any atom is 0.410 e. The van der Waals surface area contributed by atoms with Crippen LogP contribution in [0.1, 0.15) is 67.2 Å². The van der Waals surface area contributed by atoms with Crippen LogP contribution in [0.5, 0.6) is 0 Å². The average Bonchev–Trinajstić information content (AvgIpc) is 3.26. The van der Waals surface area contributed by atoms with E-state index in [0.717, 1.165) is 31.9 Å². The van der Waals surface area contributed by atoms with Crippen molar-refractivity contribution in [3.05, 3.63) is 0 Å². The quantitative estimate of drug-likeness (QED) is 0.610. The van der Waals surface area contributed by atoms with Gasteiger partial charge in [-0.25, -0.2) is 9.59 Å². The van der Waals surface area contributed by atoms with Crippen molar-refractivity contribution in [3.63, 3.8) is 0 Å². The highest BCUT2D eigenvalue weighted by molar-refractivity contribution is 7.85. The number of hydrogen-bond acceptors (Lipinski definition) is 8. The fraction of sp³-hybridized carbons (Fsp3) is 0.905. The first-order valence-corrected chi connectivity index (χ1v) is 12.8. The molecule has 11 heteroatoms. The molecule has 2 saturated heterocycles. The Labute approximate surface area is 192 Å². The fourth-order valence-corrected chi connectivity index (χ4v) is 3.76. The largest absolute Gasteiger partial charge is 0.444 e. The van der Waals surface area contributed by atoms with Crippen molar-refractivity contribution in [1.82, 2.24) is 9.80 Å². The fourth-order valence-electron chi connectivity index (χ4n) is 3.36. The van der Waals surface area contributed by atoms with Gasteiger partial charge in [-0.2, -0.15) is 8.42 Å². The molecule has 0 aromatic heterocycles. The SMILES string of the molecule is CC(C)(C)OC(=O)N1CCCC1CO.CC(C)(C)OC(=O)N1CCCC1COS(C)(=O)=O. The van der Waals surface area contributed by atoms with Gasteiger partial charge in [0.15, 0.2) is 0 Å². The molecule has 2 atom stereocenters. The van der Waals surface area contributed by atoms with E-state index in [2.05, 4.69) is 0 Å². The number of carbonyl (C=O) groups excluding carboxylic acids is 2. The molecule has 2 rings (SSSR count). The van der Waals surface area contributed by atoms with E-state index in [-0.39, 0.29) is 31.4 Å². The van der Waals surface area contributed by atoms with Crippen LogP contribution in [0.15, 0.2) is 0 Å². The van der Waals surface area contributed by atoms with Crippen molar-refractivity contribution in [1.29, 1.82) is 0 Å². The second-order valence-electron chi connectivity index (χ2n) is 10.1. The van der Waals surface area contributed by atoms with Gasteiger partial charge in [-0.3, -0.25) is 4.18 Å². The highest BCUT2D eigenvalue weighted by atomic mass is 32.2. The molecule has 1 N–H and O–H groups in total. The summed E-state index contributed by atoms with van der Waals surface area (Å²) in [6.45, 7) is 12.2. The normalized spacial score (nSPS) is 21.8. The summed E-state index contributed by atoms with van der Waals surface area (Å²) in [5.74, 6) is 0.